The average Bonchev–Trinajstić information content (AvgIpc) is 2.68. The summed E-state index contributed by atoms with van der Waals surface area (Å²) in [6, 6.07) is 11.5. The van der Waals surface area contributed by atoms with Gasteiger partial charge in [-0.25, -0.2) is 0 Å². The highest BCUT2D eigenvalue weighted by Gasteiger charge is 2.18. The van der Waals surface area contributed by atoms with Crippen molar-refractivity contribution in [3.8, 4) is 5.75 Å². The fraction of sp³-hybridized carbons (Fsp3) is 0.409. The van der Waals surface area contributed by atoms with Gasteiger partial charge in [-0.05, 0) is 61.7 Å². The molecule has 1 saturated heterocycles. The topological polar surface area (TPSA) is 41.6 Å². The van der Waals surface area contributed by atoms with Crippen molar-refractivity contribution in [1.82, 2.24) is 4.90 Å². The van der Waals surface area contributed by atoms with Crippen LogP contribution in [0.5, 0.6) is 5.75 Å². The Balaban J connectivity index is 1.65. The molecule has 2 aromatic rings. The van der Waals surface area contributed by atoms with E-state index >= 15 is 0 Å². The number of hydrogen-bond donors (Lipinski definition) is 1. The Hall–Kier alpha value is -1.69. The number of rotatable bonds is 6. The standard InChI is InChI=1S/C22H27ClN2O2S/c1-15-13-19(23)7-8-21(15)27-17(3)22(26)24-20-6-4-5-18(16(20)2)14-25-9-11-28-12-10-25/h4-8,13,17H,9-12,14H2,1-3H3,(H,24,26). The van der Waals surface area contributed by atoms with Crippen molar-refractivity contribution in [2.45, 2.75) is 33.4 Å². The summed E-state index contributed by atoms with van der Waals surface area (Å²) in [5, 5.41) is 3.68. The molecule has 1 N–H and O–H groups in total. The first-order valence-corrected chi connectivity index (χ1v) is 11.1. The lowest BCUT2D eigenvalue weighted by atomic mass is 10.1. The van der Waals surface area contributed by atoms with Crippen LogP contribution >= 0.6 is 23.4 Å². The Morgan fingerprint density at radius 1 is 1.25 bits per heavy atom. The second-order valence-electron chi connectivity index (χ2n) is 7.14. The molecule has 1 aliphatic heterocycles. The number of benzene rings is 2. The van der Waals surface area contributed by atoms with Gasteiger partial charge in [0, 0.05) is 41.8 Å². The van der Waals surface area contributed by atoms with Crippen molar-refractivity contribution in [3.63, 3.8) is 0 Å². The van der Waals surface area contributed by atoms with Gasteiger partial charge in [0.2, 0.25) is 0 Å². The summed E-state index contributed by atoms with van der Waals surface area (Å²) in [4.78, 5) is 15.1. The molecule has 3 rings (SSSR count). The van der Waals surface area contributed by atoms with Gasteiger partial charge in [-0.2, -0.15) is 11.8 Å². The number of nitrogens with one attached hydrogen (secondary N) is 1. The van der Waals surface area contributed by atoms with Crippen LogP contribution in [0.25, 0.3) is 0 Å². The molecule has 150 valence electrons. The zero-order chi connectivity index (χ0) is 20.1. The van der Waals surface area contributed by atoms with E-state index in [1.165, 1.54) is 17.1 Å². The summed E-state index contributed by atoms with van der Waals surface area (Å²) in [7, 11) is 0. The van der Waals surface area contributed by atoms with Crippen LogP contribution in [-0.2, 0) is 11.3 Å². The van der Waals surface area contributed by atoms with Crippen LogP contribution in [0.1, 0.15) is 23.6 Å². The van der Waals surface area contributed by atoms with E-state index in [0.29, 0.717) is 10.8 Å². The van der Waals surface area contributed by atoms with Gasteiger partial charge >= 0.3 is 0 Å². The van der Waals surface area contributed by atoms with Crippen LogP contribution in [0.3, 0.4) is 0 Å². The Labute approximate surface area is 176 Å². The van der Waals surface area contributed by atoms with Crippen LogP contribution < -0.4 is 10.1 Å². The molecule has 1 fully saturated rings. The molecule has 6 heteroatoms. The Kier molecular flexibility index (Phi) is 7.27. The lowest BCUT2D eigenvalue weighted by Gasteiger charge is -2.27. The highest BCUT2D eigenvalue weighted by atomic mass is 35.5. The highest BCUT2D eigenvalue weighted by molar-refractivity contribution is 7.99. The zero-order valence-corrected chi connectivity index (χ0v) is 18.2. The van der Waals surface area contributed by atoms with Crippen LogP contribution in [-0.4, -0.2) is 41.5 Å². The van der Waals surface area contributed by atoms with Crippen LogP contribution in [0.2, 0.25) is 5.02 Å². The van der Waals surface area contributed by atoms with Crippen molar-refractivity contribution >= 4 is 35.0 Å². The maximum Gasteiger partial charge on any atom is 0.265 e. The first kappa shape index (κ1) is 21.0. The van der Waals surface area contributed by atoms with E-state index < -0.39 is 6.10 Å². The Bertz CT molecular complexity index is 837. The van der Waals surface area contributed by atoms with Gasteiger partial charge in [-0.15, -0.1) is 0 Å². The summed E-state index contributed by atoms with van der Waals surface area (Å²) in [5.74, 6) is 2.88. The van der Waals surface area contributed by atoms with Gasteiger partial charge < -0.3 is 10.1 Å². The molecule has 0 aromatic heterocycles. The van der Waals surface area contributed by atoms with Crippen molar-refractivity contribution in [3.05, 3.63) is 58.1 Å². The van der Waals surface area contributed by atoms with Gasteiger partial charge in [0.1, 0.15) is 5.75 Å². The number of anilines is 1. The Morgan fingerprint density at radius 2 is 2.00 bits per heavy atom. The SMILES string of the molecule is Cc1cc(Cl)ccc1OC(C)C(=O)Nc1cccc(CN2CCSCC2)c1C. The maximum absolute atomic E-state index is 12.7. The fourth-order valence-electron chi connectivity index (χ4n) is 3.21. The normalized spacial score (nSPS) is 15.9. The van der Waals surface area contributed by atoms with E-state index in [1.807, 2.05) is 36.9 Å². The predicted octanol–water partition coefficient (Wildman–Crippen LogP) is 4.91. The summed E-state index contributed by atoms with van der Waals surface area (Å²) < 4.78 is 5.84. The number of ether oxygens (including phenoxy) is 1. The van der Waals surface area contributed by atoms with Crippen LogP contribution in [0, 0.1) is 13.8 Å². The maximum atomic E-state index is 12.7. The predicted molar refractivity (Wildman–Crippen MR) is 119 cm³/mol. The summed E-state index contributed by atoms with van der Waals surface area (Å²) in [6.45, 7) is 8.90. The van der Waals surface area contributed by atoms with Gasteiger partial charge in [-0.3, -0.25) is 9.69 Å². The van der Waals surface area contributed by atoms with Gasteiger partial charge in [-0.1, -0.05) is 23.7 Å². The number of nitrogens with zero attached hydrogens (tertiary/aromatic N) is 1. The summed E-state index contributed by atoms with van der Waals surface area (Å²) in [6.07, 6.45) is -0.609. The van der Waals surface area contributed by atoms with Gasteiger partial charge in [0.25, 0.3) is 5.91 Å². The van der Waals surface area contributed by atoms with Crippen molar-refractivity contribution in [2.24, 2.45) is 0 Å². The number of amides is 1. The molecular weight excluding hydrogens is 392 g/mol. The largest absolute Gasteiger partial charge is 0.481 e. The molecular formula is C22H27ClN2O2S. The van der Waals surface area contributed by atoms with Crippen molar-refractivity contribution < 1.29 is 9.53 Å². The first-order chi connectivity index (χ1) is 13.4. The highest BCUT2D eigenvalue weighted by Crippen LogP contribution is 2.24. The zero-order valence-electron chi connectivity index (χ0n) is 16.6. The molecule has 0 bridgehead atoms. The molecule has 1 atom stereocenters. The quantitative estimate of drug-likeness (QED) is 0.723. The third-order valence-corrected chi connectivity index (χ3v) is 6.19. The van der Waals surface area contributed by atoms with Crippen molar-refractivity contribution in [1.29, 1.82) is 0 Å². The monoisotopic (exact) mass is 418 g/mol. The lowest BCUT2D eigenvalue weighted by Crippen LogP contribution is -2.32. The van der Waals surface area contributed by atoms with Gasteiger partial charge in [0.15, 0.2) is 6.10 Å². The first-order valence-electron chi connectivity index (χ1n) is 9.56. The van der Waals surface area contributed by atoms with Gasteiger partial charge in [0.05, 0.1) is 0 Å². The second kappa shape index (κ2) is 9.68. The molecule has 1 unspecified atom stereocenters. The van der Waals surface area contributed by atoms with E-state index in [0.717, 1.165) is 36.4 Å². The van der Waals surface area contributed by atoms with E-state index in [1.54, 1.807) is 19.1 Å². The molecule has 4 nitrogen and oxygen atoms in total. The number of aryl methyl sites for hydroxylation is 1. The second-order valence-corrected chi connectivity index (χ2v) is 8.80. The van der Waals surface area contributed by atoms with E-state index in [2.05, 4.69) is 23.2 Å². The molecule has 1 heterocycles. The molecule has 0 spiro atoms. The minimum absolute atomic E-state index is 0.163. The number of carbonyl (C=O) groups excluding carboxylic acids is 1. The molecule has 28 heavy (non-hydrogen) atoms. The number of thioether (sulfide) groups is 1. The summed E-state index contributed by atoms with van der Waals surface area (Å²) in [5.41, 5.74) is 4.12. The van der Waals surface area contributed by atoms with Crippen LogP contribution in [0.4, 0.5) is 5.69 Å². The van der Waals surface area contributed by atoms with E-state index in [9.17, 15) is 4.79 Å². The smallest absolute Gasteiger partial charge is 0.265 e. The molecule has 1 aliphatic rings. The Morgan fingerprint density at radius 3 is 2.71 bits per heavy atom. The van der Waals surface area contributed by atoms with E-state index in [-0.39, 0.29) is 5.91 Å². The fourth-order valence-corrected chi connectivity index (χ4v) is 4.42. The van der Waals surface area contributed by atoms with Crippen molar-refractivity contribution in [2.75, 3.05) is 29.9 Å². The molecule has 0 radical (unpaired) electrons. The number of halogens is 1. The molecule has 2 aromatic carbocycles. The van der Waals surface area contributed by atoms with E-state index in [4.69, 9.17) is 16.3 Å². The molecule has 0 aliphatic carbocycles. The minimum atomic E-state index is -0.609. The molecule has 0 saturated carbocycles. The third kappa shape index (κ3) is 5.43. The minimum Gasteiger partial charge on any atom is -0.481 e. The van der Waals surface area contributed by atoms with Crippen LogP contribution in [0.15, 0.2) is 36.4 Å². The summed E-state index contributed by atoms with van der Waals surface area (Å²) >= 11 is 8.00. The lowest BCUT2D eigenvalue weighted by molar-refractivity contribution is -0.122. The average molecular weight is 419 g/mol. The number of carbonyl (C=O) groups is 1. The molecule has 1 amide bonds. The number of hydrogen-bond acceptors (Lipinski definition) is 4. The third-order valence-electron chi connectivity index (χ3n) is 5.01.